The lowest BCUT2D eigenvalue weighted by Crippen LogP contribution is -2.52. The molecule has 1 aliphatic carbocycles. The van der Waals surface area contributed by atoms with E-state index in [9.17, 15) is 37.7 Å². The van der Waals surface area contributed by atoms with Crippen molar-refractivity contribution in [2.75, 3.05) is 37.6 Å². The highest BCUT2D eigenvalue weighted by molar-refractivity contribution is 6.09. The first-order chi connectivity index (χ1) is 15.5. The number of imide groups is 1. The van der Waals surface area contributed by atoms with Gasteiger partial charge in [-0.1, -0.05) is 12.8 Å². The molecule has 2 saturated heterocycles. The van der Waals surface area contributed by atoms with E-state index in [0.717, 1.165) is 29.9 Å². The van der Waals surface area contributed by atoms with Crippen LogP contribution in [0.5, 0.6) is 0 Å². The van der Waals surface area contributed by atoms with Gasteiger partial charge in [0.25, 0.3) is 11.6 Å². The lowest BCUT2D eigenvalue weighted by Gasteiger charge is -2.36. The maximum absolute atomic E-state index is 12.9. The minimum Gasteiger partial charge on any atom is -0.362 e. The van der Waals surface area contributed by atoms with Crippen LogP contribution in [-0.4, -0.2) is 70.8 Å². The molecule has 10 nitrogen and oxygen atoms in total. The fourth-order valence-electron chi connectivity index (χ4n) is 4.68. The average Bonchev–Trinajstić information content (AvgIpc) is 3.33. The number of nitro groups is 1. The quantitative estimate of drug-likeness (QED) is 0.410. The Morgan fingerprint density at radius 1 is 1.12 bits per heavy atom. The van der Waals surface area contributed by atoms with Gasteiger partial charge in [0.05, 0.1) is 10.5 Å². The molecule has 0 radical (unpaired) electrons. The second-order valence-corrected chi connectivity index (χ2v) is 8.44. The van der Waals surface area contributed by atoms with Crippen LogP contribution >= 0.6 is 0 Å². The van der Waals surface area contributed by atoms with E-state index >= 15 is 0 Å². The van der Waals surface area contributed by atoms with E-state index in [-0.39, 0.29) is 31.9 Å². The van der Waals surface area contributed by atoms with Gasteiger partial charge in [0.15, 0.2) is 0 Å². The van der Waals surface area contributed by atoms with Crippen molar-refractivity contribution in [1.82, 2.24) is 15.1 Å². The zero-order chi connectivity index (χ0) is 24.0. The van der Waals surface area contributed by atoms with E-state index in [0.29, 0.717) is 18.9 Å². The lowest BCUT2D eigenvalue weighted by molar-refractivity contribution is -0.384. The van der Waals surface area contributed by atoms with Gasteiger partial charge in [-0.3, -0.25) is 24.6 Å². The van der Waals surface area contributed by atoms with Crippen molar-refractivity contribution < 1.29 is 32.5 Å². The Kier molecular flexibility index (Phi) is 5.66. The molecule has 0 bridgehead atoms. The van der Waals surface area contributed by atoms with Gasteiger partial charge >= 0.3 is 12.2 Å². The smallest absolute Gasteiger partial charge is 0.362 e. The third-order valence-electron chi connectivity index (χ3n) is 6.47. The molecule has 4 amide bonds. The van der Waals surface area contributed by atoms with Gasteiger partial charge in [-0.05, 0) is 25.0 Å². The van der Waals surface area contributed by atoms with E-state index in [2.05, 4.69) is 5.32 Å². The number of hydrogen-bond acceptors (Lipinski definition) is 6. The Morgan fingerprint density at radius 2 is 1.76 bits per heavy atom. The molecule has 3 fully saturated rings. The Morgan fingerprint density at radius 3 is 2.33 bits per heavy atom. The van der Waals surface area contributed by atoms with Gasteiger partial charge < -0.3 is 15.1 Å². The van der Waals surface area contributed by atoms with E-state index < -0.39 is 52.3 Å². The van der Waals surface area contributed by atoms with Crippen molar-refractivity contribution in [1.29, 1.82) is 0 Å². The molecule has 13 heteroatoms. The summed E-state index contributed by atoms with van der Waals surface area (Å²) in [5, 5.41) is 14.1. The Hall–Kier alpha value is -3.38. The van der Waals surface area contributed by atoms with Crippen molar-refractivity contribution in [3.8, 4) is 0 Å². The minimum atomic E-state index is -4.70. The van der Waals surface area contributed by atoms with E-state index in [1.807, 2.05) is 0 Å². The van der Waals surface area contributed by atoms with Crippen LogP contribution in [0.15, 0.2) is 18.2 Å². The van der Waals surface area contributed by atoms with Crippen molar-refractivity contribution >= 4 is 29.2 Å². The largest absolute Gasteiger partial charge is 0.416 e. The van der Waals surface area contributed by atoms with Crippen LogP contribution < -0.4 is 10.2 Å². The van der Waals surface area contributed by atoms with Crippen LogP contribution in [0.3, 0.4) is 0 Å². The third kappa shape index (κ3) is 4.18. The van der Waals surface area contributed by atoms with E-state index in [4.69, 9.17) is 0 Å². The summed E-state index contributed by atoms with van der Waals surface area (Å²) in [6.07, 6.45) is -1.96. The third-order valence-corrected chi connectivity index (χ3v) is 6.47. The number of benzene rings is 1. The van der Waals surface area contributed by atoms with Gasteiger partial charge in [-0.25, -0.2) is 4.79 Å². The number of hydrogen-bond donors (Lipinski definition) is 1. The number of piperazine rings is 1. The van der Waals surface area contributed by atoms with Crippen molar-refractivity contribution in [2.45, 2.75) is 37.4 Å². The Bertz CT molecular complexity index is 1000. The summed E-state index contributed by atoms with van der Waals surface area (Å²) in [4.78, 5) is 52.1. The van der Waals surface area contributed by atoms with Gasteiger partial charge in [0.1, 0.15) is 17.8 Å². The first-order valence-electron chi connectivity index (χ1n) is 10.5. The monoisotopic (exact) mass is 469 g/mol. The number of halogens is 3. The zero-order valence-electron chi connectivity index (χ0n) is 17.6. The summed E-state index contributed by atoms with van der Waals surface area (Å²) in [7, 11) is 0. The molecule has 2 aliphatic heterocycles. The normalized spacial score (nSPS) is 20.5. The van der Waals surface area contributed by atoms with Crippen molar-refractivity contribution in [3.05, 3.63) is 33.9 Å². The standard InChI is InChI=1S/C20H22F3N5O5/c21-20(22,23)13-3-4-14(15(11-13)28(32)33)25-7-9-26(10-8-25)16(29)12-27-17(30)19(24-18(27)31)5-1-2-6-19/h3-4,11H,1-2,5-10,12H2,(H,24,31). The summed E-state index contributed by atoms with van der Waals surface area (Å²) >= 11 is 0. The predicted molar refractivity (Wildman–Crippen MR) is 108 cm³/mol. The number of nitro benzene ring substituents is 1. The van der Waals surface area contributed by atoms with E-state index in [1.165, 1.54) is 4.90 Å². The molecular weight excluding hydrogens is 447 g/mol. The molecule has 1 spiro atoms. The Balaban J connectivity index is 1.40. The molecule has 0 unspecified atom stereocenters. The average molecular weight is 469 g/mol. The highest BCUT2D eigenvalue weighted by Gasteiger charge is 2.53. The molecular formula is C20H22F3N5O5. The van der Waals surface area contributed by atoms with Crippen LogP contribution in [0, 0.1) is 10.1 Å². The van der Waals surface area contributed by atoms with Gasteiger partial charge in [0, 0.05) is 32.2 Å². The Labute approximate surface area is 186 Å². The first kappa shape index (κ1) is 22.8. The highest BCUT2D eigenvalue weighted by atomic mass is 19.4. The topological polar surface area (TPSA) is 116 Å². The van der Waals surface area contributed by atoms with Crippen LogP contribution in [0.25, 0.3) is 0 Å². The molecule has 3 aliphatic rings. The van der Waals surface area contributed by atoms with E-state index in [1.54, 1.807) is 4.90 Å². The number of rotatable bonds is 4. The number of alkyl halides is 3. The maximum atomic E-state index is 12.9. The molecule has 4 rings (SSSR count). The van der Waals surface area contributed by atoms with Crippen LogP contribution in [0.1, 0.15) is 31.2 Å². The molecule has 33 heavy (non-hydrogen) atoms. The number of nitrogens with one attached hydrogen (secondary N) is 1. The lowest BCUT2D eigenvalue weighted by atomic mass is 9.98. The first-order valence-corrected chi connectivity index (χ1v) is 10.5. The summed E-state index contributed by atoms with van der Waals surface area (Å²) in [5.41, 5.74) is -2.64. The number of urea groups is 1. The summed E-state index contributed by atoms with van der Waals surface area (Å²) < 4.78 is 38.8. The second kappa shape index (κ2) is 8.19. The zero-order valence-corrected chi connectivity index (χ0v) is 17.6. The maximum Gasteiger partial charge on any atom is 0.416 e. The summed E-state index contributed by atoms with van der Waals surface area (Å²) in [6.45, 7) is 0.203. The molecule has 1 aromatic rings. The summed E-state index contributed by atoms with van der Waals surface area (Å²) in [6, 6.07) is 1.76. The number of carbonyl (C=O) groups excluding carboxylic acids is 3. The minimum absolute atomic E-state index is 0.0392. The highest BCUT2D eigenvalue weighted by Crippen LogP contribution is 2.37. The van der Waals surface area contributed by atoms with Gasteiger partial charge in [-0.15, -0.1) is 0 Å². The predicted octanol–water partition coefficient (Wildman–Crippen LogP) is 2.13. The molecule has 0 aromatic heterocycles. The molecule has 178 valence electrons. The molecule has 1 N–H and O–H groups in total. The number of amides is 4. The fourth-order valence-corrected chi connectivity index (χ4v) is 4.68. The summed E-state index contributed by atoms with van der Waals surface area (Å²) in [5.74, 6) is -0.826. The molecule has 0 atom stereocenters. The number of anilines is 1. The van der Waals surface area contributed by atoms with Crippen LogP contribution in [0.2, 0.25) is 0 Å². The van der Waals surface area contributed by atoms with Crippen LogP contribution in [0.4, 0.5) is 29.3 Å². The molecule has 2 heterocycles. The van der Waals surface area contributed by atoms with Crippen LogP contribution in [-0.2, 0) is 15.8 Å². The number of carbonyl (C=O) groups is 3. The SMILES string of the molecule is O=C(CN1C(=O)NC2(CCCC2)C1=O)N1CCN(c2ccc(C(F)(F)F)cc2[N+](=O)[O-])CC1. The molecule has 1 saturated carbocycles. The molecule has 1 aromatic carbocycles. The van der Waals surface area contributed by atoms with Gasteiger partial charge in [0.2, 0.25) is 5.91 Å². The fraction of sp³-hybridized carbons (Fsp3) is 0.550. The number of nitrogens with zero attached hydrogens (tertiary/aromatic N) is 4. The second-order valence-electron chi connectivity index (χ2n) is 8.44. The van der Waals surface area contributed by atoms with Crippen molar-refractivity contribution in [2.24, 2.45) is 0 Å². The van der Waals surface area contributed by atoms with Crippen molar-refractivity contribution in [3.63, 3.8) is 0 Å². The van der Waals surface area contributed by atoms with Gasteiger partial charge in [-0.2, -0.15) is 13.2 Å².